The van der Waals surface area contributed by atoms with Crippen LogP contribution in [-0.4, -0.2) is 23.1 Å². The van der Waals surface area contributed by atoms with Crippen LogP contribution >= 0.6 is 23.5 Å². The van der Waals surface area contributed by atoms with E-state index in [1.807, 2.05) is 30.3 Å². The largest absolute Gasteiger partial charge is 0.459 e. The van der Waals surface area contributed by atoms with E-state index in [1.54, 1.807) is 13.8 Å². The van der Waals surface area contributed by atoms with Crippen LogP contribution < -0.4 is 5.32 Å². The number of hydrogen-bond acceptors (Lipinski definition) is 5. The predicted molar refractivity (Wildman–Crippen MR) is 86.6 cm³/mol. The molecule has 21 heavy (non-hydrogen) atoms. The third-order valence-electron chi connectivity index (χ3n) is 2.65. The summed E-state index contributed by atoms with van der Waals surface area (Å²) in [6, 6.07) is 9.58. The maximum absolute atomic E-state index is 12.3. The molecule has 0 spiro atoms. The molecule has 1 amide bonds. The van der Waals surface area contributed by atoms with Crippen LogP contribution in [0, 0.1) is 0 Å². The number of rotatable bonds is 5. The van der Waals surface area contributed by atoms with Gasteiger partial charge in [0.05, 0.1) is 10.3 Å². The normalized spacial score (nSPS) is 13.6. The van der Waals surface area contributed by atoms with E-state index in [1.165, 1.54) is 23.5 Å². The van der Waals surface area contributed by atoms with Gasteiger partial charge in [-0.25, -0.2) is 4.79 Å². The van der Waals surface area contributed by atoms with Gasteiger partial charge in [0.2, 0.25) is 0 Å². The Morgan fingerprint density at radius 3 is 2.43 bits per heavy atom. The van der Waals surface area contributed by atoms with Gasteiger partial charge < -0.3 is 10.1 Å². The van der Waals surface area contributed by atoms with E-state index in [4.69, 9.17) is 4.74 Å². The van der Waals surface area contributed by atoms with Crippen LogP contribution in [-0.2, 0) is 20.9 Å². The first kappa shape index (κ1) is 16.0. The second kappa shape index (κ2) is 7.56. The van der Waals surface area contributed by atoms with Crippen LogP contribution in [0.15, 0.2) is 40.1 Å². The molecule has 1 heterocycles. The second-order valence-electron chi connectivity index (χ2n) is 4.69. The Bertz CT molecular complexity index is 549. The summed E-state index contributed by atoms with van der Waals surface area (Å²) in [4.78, 5) is 24.4. The maximum Gasteiger partial charge on any atom is 0.345 e. The molecule has 0 aliphatic carbocycles. The predicted octanol–water partition coefficient (Wildman–Crippen LogP) is 2.90. The van der Waals surface area contributed by atoms with Crippen molar-refractivity contribution in [3.05, 3.63) is 45.7 Å². The van der Waals surface area contributed by atoms with Crippen LogP contribution in [0.2, 0.25) is 0 Å². The van der Waals surface area contributed by atoms with Gasteiger partial charge in [-0.05, 0) is 19.4 Å². The summed E-state index contributed by atoms with van der Waals surface area (Å²) < 4.78 is 5.90. The summed E-state index contributed by atoms with van der Waals surface area (Å²) in [6.45, 7) is 3.92. The van der Waals surface area contributed by atoms with Crippen LogP contribution in [0.25, 0.3) is 0 Å². The molecule has 1 N–H and O–H groups in total. The van der Waals surface area contributed by atoms with Crippen molar-refractivity contribution in [1.82, 2.24) is 5.32 Å². The molecule has 0 bridgehead atoms. The van der Waals surface area contributed by atoms with Crippen LogP contribution in [0.3, 0.4) is 0 Å². The summed E-state index contributed by atoms with van der Waals surface area (Å²) in [6.07, 6.45) is -0.245. The lowest BCUT2D eigenvalue weighted by Gasteiger charge is -2.20. The van der Waals surface area contributed by atoms with Gasteiger partial charge in [0.15, 0.2) is 0 Å². The minimum absolute atomic E-state index is 0.126. The molecule has 0 unspecified atom stereocenters. The van der Waals surface area contributed by atoms with Gasteiger partial charge in [-0.2, -0.15) is 0 Å². The Balaban J connectivity index is 2.04. The first-order valence-corrected chi connectivity index (χ1v) is 8.58. The van der Waals surface area contributed by atoms with Crippen LogP contribution in [0.1, 0.15) is 19.4 Å². The zero-order valence-corrected chi connectivity index (χ0v) is 13.6. The quantitative estimate of drug-likeness (QED) is 0.391. The third kappa shape index (κ3) is 4.54. The van der Waals surface area contributed by atoms with Gasteiger partial charge in [0.25, 0.3) is 5.91 Å². The van der Waals surface area contributed by atoms with Gasteiger partial charge >= 0.3 is 5.97 Å². The minimum Gasteiger partial charge on any atom is -0.459 e. The Hall–Kier alpha value is -1.40. The number of esters is 1. The number of carbonyl (C=O) groups is 2. The molecule has 1 aliphatic heterocycles. The number of thioether (sulfide) groups is 2. The molecule has 2 rings (SSSR count). The number of benzene rings is 1. The molecule has 1 aromatic carbocycles. The van der Waals surface area contributed by atoms with E-state index >= 15 is 0 Å². The summed E-state index contributed by atoms with van der Waals surface area (Å²) in [5.41, 5.74) is 1.11. The van der Waals surface area contributed by atoms with Gasteiger partial charge in [-0.3, -0.25) is 4.79 Å². The fourth-order valence-corrected chi connectivity index (χ4v) is 3.25. The average Bonchev–Trinajstić information content (AvgIpc) is 2.40. The molecule has 112 valence electrons. The summed E-state index contributed by atoms with van der Waals surface area (Å²) in [7, 11) is 0. The molecule has 1 aromatic rings. The highest BCUT2D eigenvalue weighted by Gasteiger charge is 2.29. The molecule has 4 nitrogen and oxygen atoms in total. The summed E-state index contributed by atoms with van der Waals surface area (Å²) >= 11 is 3.00. The zero-order chi connectivity index (χ0) is 15.2. The Kier molecular flexibility index (Phi) is 5.76. The van der Waals surface area contributed by atoms with Crippen molar-refractivity contribution < 1.29 is 14.3 Å². The molecule has 1 fully saturated rings. The van der Waals surface area contributed by atoms with Gasteiger partial charge in [0, 0.05) is 11.6 Å². The standard InChI is InChI=1S/C15H17NO3S2/c1-10(2)19-14(18)12(15-20-9-21-15)13(17)16-8-11-6-4-3-5-7-11/h3-7,10H,8-9H2,1-2H3,(H,16,17). The molecule has 0 radical (unpaired) electrons. The number of hydrogen-bond donors (Lipinski definition) is 1. The zero-order valence-electron chi connectivity index (χ0n) is 11.9. The molecular weight excluding hydrogens is 306 g/mol. The molecule has 6 heteroatoms. The molecule has 0 saturated carbocycles. The fraction of sp³-hybridized carbons (Fsp3) is 0.333. The smallest absolute Gasteiger partial charge is 0.345 e. The fourth-order valence-electron chi connectivity index (χ4n) is 1.67. The first-order valence-electron chi connectivity index (χ1n) is 6.61. The van der Waals surface area contributed by atoms with Crippen LogP contribution in [0.5, 0.6) is 0 Å². The van der Waals surface area contributed by atoms with E-state index in [-0.39, 0.29) is 17.6 Å². The highest BCUT2D eigenvalue weighted by Crippen LogP contribution is 2.45. The van der Waals surface area contributed by atoms with E-state index in [0.29, 0.717) is 6.54 Å². The monoisotopic (exact) mass is 323 g/mol. The van der Waals surface area contributed by atoms with E-state index in [9.17, 15) is 9.59 Å². The Morgan fingerprint density at radius 2 is 1.90 bits per heavy atom. The van der Waals surface area contributed by atoms with E-state index in [2.05, 4.69) is 5.32 Å². The maximum atomic E-state index is 12.3. The summed E-state index contributed by atoms with van der Waals surface area (Å²) in [5, 5.41) is 3.64. The number of ether oxygens (including phenoxy) is 1. The van der Waals surface area contributed by atoms with Gasteiger partial charge in [-0.15, -0.1) is 23.5 Å². The van der Waals surface area contributed by atoms with Crippen molar-refractivity contribution in [2.45, 2.75) is 26.5 Å². The lowest BCUT2D eigenvalue weighted by Crippen LogP contribution is -2.31. The molecule has 1 aliphatic rings. The number of carbonyl (C=O) groups excluding carboxylic acids is 2. The number of nitrogens with one attached hydrogen (secondary N) is 1. The van der Waals surface area contributed by atoms with Crippen molar-refractivity contribution in [2.75, 3.05) is 5.08 Å². The van der Waals surface area contributed by atoms with Crippen molar-refractivity contribution in [3.8, 4) is 0 Å². The SMILES string of the molecule is CC(C)OC(=O)C(C(=O)NCc1ccccc1)=C1SCS1. The van der Waals surface area contributed by atoms with Crippen molar-refractivity contribution in [3.63, 3.8) is 0 Å². The lowest BCUT2D eigenvalue weighted by atomic mass is 10.2. The average molecular weight is 323 g/mol. The molecule has 0 aromatic heterocycles. The number of amides is 1. The molecule has 1 saturated heterocycles. The topological polar surface area (TPSA) is 55.4 Å². The molecular formula is C15H17NO3S2. The van der Waals surface area contributed by atoms with Gasteiger partial charge in [0.1, 0.15) is 5.57 Å². The first-order chi connectivity index (χ1) is 10.1. The van der Waals surface area contributed by atoms with E-state index in [0.717, 1.165) is 14.9 Å². The van der Waals surface area contributed by atoms with Crippen molar-refractivity contribution in [1.29, 1.82) is 0 Å². The van der Waals surface area contributed by atoms with Gasteiger partial charge in [-0.1, -0.05) is 30.3 Å². The second-order valence-corrected chi connectivity index (χ2v) is 7.29. The Morgan fingerprint density at radius 1 is 1.24 bits per heavy atom. The summed E-state index contributed by atoms with van der Waals surface area (Å²) in [5.74, 6) is -0.926. The lowest BCUT2D eigenvalue weighted by molar-refractivity contribution is -0.144. The molecule has 0 atom stereocenters. The highest BCUT2D eigenvalue weighted by molar-refractivity contribution is 8.37. The van der Waals surface area contributed by atoms with Crippen LogP contribution in [0.4, 0.5) is 0 Å². The minimum atomic E-state index is -0.551. The van der Waals surface area contributed by atoms with Crippen molar-refractivity contribution in [2.24, 2.45) is 0 Å². The van der Waals surface area contributed by atoms with E-state index < -0.39 is 5.97 Å². The highest BCUT2D eigenvalue weighted by atomic mass is 32.3. The van der Waals surface area contributed by atoms with Crippen molar-refractivity contribution >= 4 is 35.4 Å². The Labute approximate surface area is 132 Å². The third-order valence-corrected chi connectivity index (χ3v) is 5.24.